The molecule has 1 aromatic rings. The summed E-state index contributed by atoms with van der Waals surface area (Å²) >= 11 is 0. The van der Waals surface area contributed by atoms with E-state index in [4.69, 9.17) is 0 Å². The van der Waals surface area contributed by atoms with Crippen LogP contribution >= 0.6 is 7.92 Å². The summed E-state index contributed by atoms with van der Waals surface area (Å²) in [7, 11) is -0.0964. The molecule has 0 aliphatic heterocycles. The summed E-state index contributed by atoms with van der Waals surface area (Å²) in [6, 6.07) is 10.6. The number of carbonyl (C=O) groups excluding carboxylic acids is 1. The SMILES string of the molecule is CCP(CC)C(CC(=O)C(C)(C)C)c1ccccc1. The largest absolute Gasteiger partial charge is 0.299 e. The maximum atomic E-state index is 12.4. The maximum Gasteiger partial charge on any atom is 0.139 e. The van der Waals surface area contributed by atoms with Crippen molar-refractivity contribution in [2.75, 3.05) is 12.3 Å². The van der Waals surface area contributed by atoms with E-state index in [9.17, 15) is 4.79 Å². The highest BCUT2D eigenvalue weighted by Gasteiger charge is 2.28. The topological polar surface area (TPSA) is 17.1 Å². The molecule has 106 valence electrons. The average molecular weight is 278 g/mol. The monoisotopic (exact) mass is 278 g/mol. The van der Waals surface area contributed by atoms with Crippen molar-refractivity contribution in [3.63, 3.8) is 0 Å². The van der Waals surface area contributed by atoms with Crippen molar-refractivity contribution in [2.45, 2.75) is 46.7 Å². The Morgan fingerprint density at radius 2 is 1.63 bits per heavy atom. The average Bonchev–Trinajstić information content (AvgIpc) is 2.38. The van der Waals surface area contributed by atoms with Crippen molar-refractivity contribution < 1.29 is 4.79 Å². The highest BCUT2D eigenvalue weighted by atomic mass is 31.1. The van der Waals surface area contributed by atoms with Crippen LogP contribution in [0.2, 0.25) is 0 Å². The first-order valence-electron chi connectivity index (χ1n) is 7.22. The maximum absolute atomic E-state index is 12.4. The van der Waals surface area contributed by atoms with Gasteiger partial charge in [-0.25, -0.2) is 0 Å². The molecule has 0 fully saturated rings. The van der Waals surface area contributed by atoms with Crippen LogP contribution < -0.4 is 0 Å². The van der Waals surface area contributed by atoms with Crippen molar-refractivity contribution in [3.05, 3.63) is 35.9 Å². The van der Waals surface area contributed by atoms with Crippen molar-refractivity contribution in [2.24, 2.45) is 5.41 Å². The number of ketones is 1. The van der Waals surface area contributed by atoms with Crippen LogP contribution in [0.3, 0.4) is 0 Å². The van der Waals surface area contributed by atoms with Gasteiger partial charge in [-0.3, -0.25) is 4.79 Å². The highest BCUT2D eigenvalue weighted by molar-refractivity contribution is 7.58. The third-order valence-electron chi connectivity index (χ3n) is 3.65. The second kappa shape index (κ2) is 7.20. The van der Waals surface area contributed by atoms with E-state index in [1.807, 2.05) is 26.8 Å². The van der Waals surface area contributed by atoms with Gasteiger partial charge in [-0.1, -0.05) is 72.9 Å². The fraction of sp³-hybridized carbons (Fsp3) is 0.588. The summed E-state index contributed by atoms with van der Waals surface area (Å²) in [6.45, 7) is 10.6. The first-order chi connectivity index (χ1) is 8.90. The Hall–Kier alpha value is -0.680. The lowest BCUT2D eigenvalue weighted by Gasteiger charge is -2.28. The summed E-state index contributed by atoms with van der Waals surface area (Å²) in [5.41, 5.74) is 1.54. The molecule has 0 N–H and O–H groups in total. The van der Waals surface area contributed by atoms with Crippen LogP contribution in [0.15, 0.2) is 30.3 Å². The van der Waals surface area contributed by atoms with Gasteiger partial charge in [0.25, 0.3) is 0 Å². The molecule has 0 saturated heterocycles. The molecule has 0 amide bonds. The van der Waals surface area contributed by atoms with E-state index in [2.05, 4.69) is 38.1 Å². The molecule has 0 bridgehead atoms. The molecule has 1 nitrogen and oxygen atoms in total. The van der Waals surface area contributed by atoms with E-state index < -0.39 is 0 Å². The predicted octanol–water partition coefficient (Wildman–Crippen LogP) is 5.25. The molecule has 1 atom stereocenters. The number of benzene rings is 1. The molecule has 0 spiro atoms. The Bertz CT molecular complexity index is 387. The molecule has 19 heavy (non-hydrogen) atoms. The first-order valence-corrected chi connectivity index (χ1v) is 9.00. The van der Waals surface area contributed by atoms with Gasteiger partial charge in [0, 0.05) is 17.5 Å². The Morgan fingerprint density at radius 3 is 2.05 bits per heavy atom. The molecule has 1 aromatic carbocycles. The predicted molar refractivity (Wildman–Crippen MR) is 86.3 cm³/mol. The van der Waals surface area contributed by atoms with Crippen LogP contribution in [0, 0.1) is 5.41 Å². The van der Waals surface area contributed by atoms with Crippen LogP contribution in [-0.2, 0) is 4.79 Å². The molecule has 0 heterocycles. The van der Waals surface area contributed by atoms with Crippen LogP contribution in [0.1, 0.15) is 52.3 Å². The van der Waals surface area contributed by atoms with E-state index in [0.29, 0.717) is 17.9 Å². The van der Waals surface area contributed by atoms with E-state index in [1.165, 1.54) is 17.9 Å². The molecule has 0 radical (unpaired) electrons. The van der Waals surface area contributed by atoms with Crippen LogP contribution in [0.5, 0.6) is 0 Å². The van der Waals surface area contributed by atoms with Crippen molar-refractivity contribution in [3.8, 4) is 0 Å². The molecule has 1 unspecified atom stereocenters. The minimum atomic E-state index is -0.227. The lowest BCUT2D eigenvalue weighted by molar-refractivity contribution is -0.126. The van der Waals surface area contributed by atoms with Gasteiger partial charge in [0.2, 0.25) is 0 Å². The summed E-state index contributed by atoms with van der Waals surface area (Å²) in [6.07, 6.45) is 3.09. The number of Topliss-reactive ketones (excluding diaryl/α,β-unsaturated/α-hetero) is 1. The standard InChI is InChI=1S/C17H27OP/c1-6-19(7-2)15(13-16(18)17(3,4)5)14-11-9-8-10-12-14/h8-12,15H,6-7,13H2,1-5H3. The van der Waals surface area contributed by atoms with Crippen molar-refractivity contribution in [1.82, 2.24) is 0 Å². The van der Waals surface area contributed by atoms with Crippen molar-refractivity contribution >= 4 is 13.7 Å². The van der Waals surface area contributed by atoms with Gasteiger partial charge < -0.3 is 0 Å². The molecular weight excluding hydrogens is 251 g/mol. The molecule has 2 heteroatoms. The number of hydrogen-bond donors (Lipinski definition) is 0. The number of rotatable bonds is 6. The Balaban J connectivity index is 2.97. The summed E-state index contributed by atoms with van der Waals surface area (Å²) < 4.78 is 0. The third-order valence-corrected chi connectivity index (χ3v) is 6.64. The Morgan fingerprint density at radius 1 is 1.11 bits per heavy atom. The highest BCUT2D eigenvalue weighted by Crippen LogP contribution is 2.53. The van der Waals surface area contributed by atoms with E-state index in [1.54, 1.807) is 0 Å². The molecule has 0 aliphatic carbocycles. The zero-order valence-corrected chi connectivity index (χ0v) is 13.8. The number of carbonyl (C=O) groups is 1. The van der Waals surface area contributed by atoms with Gasteiger partial charge in [-0.15, -0.1) is 0 Å². The second-order valence-corrected chi connectivity index (χ2v) is 9.09. The van der Waals surface area contributed by atoms with E-state index in [-0.39, 0.29) is 13.3 Å². The molecule has 0 saturated carbocycles. The van der Waals surface area contributed by atoms with Crippen molar-refractivity contribution in [1.29, 1.82) is 0 Å². The second-order valence-electron chi connectivity index (χ2n) is 6.02. The zero-order chi connectivity index (χ0) is 14.5. The smallest absolute Gasteiger partial charge is 0.139 e. The zero-order valence-electron chi connectivity index (χ0n) is 12.9. The van der Waals surface area contributed by atoms with Crippen LogP contribution in [0.25, 0.3) is 0 Å². The lowest BCUT2D eigenvalue weighted by Crippen LogP contribution is -2.22. The van der Waals surface area contributed by atoms with Gasteiger partial charge in [-0.05, 0) is 17.9 Å². The van der Waals surface area contributed by atoms with Gasteiger partial charge in [0.15, 0.2) is 0 Å². The third kappa shape index (κ3) is 4.73. The quantitative estimate of drug-likeness (QED) is 0.649. The van der Waals surface area contributed by atoms with Gasteiger partial charge in [0.1, 0.15) is 5.78 Å². The van der Waals surface area contributed by atoms with E-state index >= 15 is 0 Å². The van der Waals surface area contributed by atoms with Gasteiger partial charge >= 0.3 is 0 Å². The summed E-state index contributed by atoms with van der Waals surface area (Å²) in [5, 5.41) is 0. The minimum absolute atomic E-state index is 0.0964. The summed E-state index contributed by atoms with van der Waals surface area (Å²) in [4.78, 5) is 12.4. The van der Waals surface area contributed by atoms with Gasteiger partial charge in [0.05, 0.1) is 0 Å². The van der Waals surface area contributed by atoms with E-state index in [0.717, 1.165) is 0 Å². The van der Waals surface area contributed by atoms with Gasteiger partial charge in [-0.2, -0.15) is 0 Å². The minimum Gasteiger partial charge on any atom is -0.299 e. The normalized spacial score (nSPS) is 13.6. The lowest BCUT2D eigenvalue weighted by atomic mass is 9.87. The molecule has 0 aliphatic rings. The number of hydrogen-bond acceptors (Lipinski definition) is 1. The molecule has 1 rings (SSSR count). The Labute approximate surface area is 119 Å². The summed E-state index contributed by atoms with van der Waals surface area (Å²) in [5.74, 6) is 0.385. The molecule has 0 aromatic heterocycles. The molecular formula is C17H27OP. The Kier molecular flexibility index (Phi) is 6.20. The first kappa shape index (κ1) is 16.4. The van der Waals surface area contributed by atoms with Crippen LogP contribution in [0.4, 0.5) is 0 Å². The van der Waals surface area contributed by atoms with Crippen LogP contribution in [-0.4, -0.2) is 18.1 Å². The fourth-order valence-electron chi connectivity index (χ4n) is 2.28. The fourth-order valence-corrected chi connectivity index (χ4v) is 4.63.